The summed E-state index contributed by atoms with van der Waals surface area (Å²) in [7, 11) is 3.93. The molecule has 37 heavy (non-hydrogen) atoms. The molecule has 0 spiro atoms. The number of nitrogens with zero attached hydrogens (tertiary/aromatic N) is 3. The Morgan fingerprint density at radius 3 is 2.32 bits per heavy atom. The van der Waals surface area contributed by atoms with Crippen LogP contribution in [-0.2, 0) is 9.59 Å². The number of likely N-dealkylation sites (N-methyl/N-ethyl adjacent to an activating group) is 1. The van der Waals surface area contributed by atoms with Gasteiger partial charge < -0.3 is 20.4 Å². The van der Waals surface area contributed by atoms with Crippen molar-refractivity contribution in [3.8, 4) is 0 Å². The van der Waals surface area contributed by atoms with E-state index in [-0.39, 0.29) is 17.5 Å². The molecule has 0 saturated heterocycles. The molecule has 190 valence electrons. The lowest BCUT2D eigenvalue weighted by molar-refractivity contribution is -0.384. The van der Waals surface area contributed by atoms with Crippen LogP contribution in [0.2, 0.25) is 0 Å². The number of nitro groups is 1. The minimum atomic E-state index is -0.477. The minimum absolute atomic E-state index is 0.0375. The summed E-state index contributed by atoms with van der Waals surface area (Å²) in [6.07, 6.45) is 0.401. The Hall–Kier alpha value is -4.50. The Balaban J connectivity index is 1.74. The number of anilines is 3. The molecule has 3 aromatic rings. The number of hydrogen-bond acceptors (Lipinski definition) is 6. The highest BCUT2D eigenvalue weighted by Gasteiger charge is 2.30. The molecule has 1 aliphatic rings. The fourth-order valence-corrected chi connectivity index (χ4v) is 4.16. The first kappa shape index (κ1) is 25.6. The first-order valence-electron chi connectivity index (χ1n) is 12.0. The molecular formula is C28H29N5O4. The molecule has 0 radical (unpaired) electrons. The first-order valence-corrected chi connectivity index (χ1v) is 12.0. The molecule has 0 bridgehead atoms. The molecule has 1 heterocycles. The molecular weight excluding hydrogens is 470 g/mol. The van der Waals surface area contributed by atoms with Crippen molar-refractivity contribution in [2.75, 3.05) is 42.7 Å². The SMILES string of the molecule is CCC(=O)N(CCN(C)C)c1ccc(N/C(=C2\C(=O)Nc3ccc([N+](=O)[O-])cc32)c2ccccc2)cc1. The van der Waals surface area contributed by atoms with Crippen LogP contribution in [-0.4, -0.2) is 48.8 Å². The van der Waals surface area contributed by atoms with Crippen LogP contribution < -0.4 is 15.5 Å². The van der Waals surface area contributed by atoms with E-state index in [0.29, 0.717) is 41.2 Å². The molecule has 9 heteroatoms. The van der Waals surface area contributed by atoms with Gasteiger partial charge in [-0.2, -0.15) is 0 Å². The highest BCUT2D eigenvalue weighted by atomic mass is 16.6. The zero-order valence-corrected chi connectivity index (χ0v) is 21.0. The van der Waals surface area contributed by atoms with Gasteiger partial charge in [-0.25, -0.2) is 0 Å². The van der Waals surface area contributed by atoms with Crippen molar-refractivity contribution in [1.29, 1.82) is 0 Å². The Morgan fingerprint density at radius 2 is 1.70 bits per heavy atom. The fraction of sp³-hybridized carbons (Fsp3) is 0.214. The summed E-state index contributed by atoms with van der Waals surface area (Å²) in [6, 6.07) is 21.1. The maximum atomic E-state index is 13.1. The zero-order chi connectivity index (χ0) is 26.5. The molecule has 3 aromatic carbocycles. The molecule has 0 atom stereocenters. The summed E-state index contributed by atoms with van der Waals surface area (Å²) in [5.41, 5.74) is 3.98. The molecule has 1 aliphatic heterocycles. The molecule has 9 nitrogen and oxygen atoms in total. The average molecular weight is 500 g/mol. The van der Waals surface area contributed by atoms with Gasteiger partial charge in [-0.3, -0.25) is 19.7 Å². The number of non-ortho nitro benzene ring substituents is 1. The van der Waals surface area contributed by atoms with Crippen molar-refractivity contribution in [2.24, 2.45) is 0 Å². The quantitative estimate of drug-likeness (QED) is 0.248. The number of nitrogens with one attached hydrogen (secondary N) is 2. The third-order valence-corrected chi connectivity index (χ3v) is 6.09. The van der Waals surface area contributed by atoms with Gasteiger partial charge in [0, 0.05) is 54.3 Å². The summed E-state index contributed by atoms with van der Waals surface area (Å²) in [4.78, 5) is 40.3. The van der Waals surface area contributed by atoms with Crippen molar-refractivity contribution >= 4 is 45.8 Å². The molecule has 0 aliphatic carbocycles. The minimum Gasteiger partial charge on any atom is -0.354 e. The van der Waals surface area contributed by atoms with Crippen LogP contribution in [0.1, 0.15) is 24.5 Å². The second-order valence-electron chi connectivity index (χ2n) is 8.93. The summed E-state index contributed by atoms with van der Waals surface area (Å²) in [6.45, 7) is 3.15. The van der Waals surface area contributed by atoms with Gasteiger partial charge in [0.2, 0.25) is 5.91 Å². The van der Waals surface area contributed by atoms with Gasteiger partial charge in [0.1, 0.15) is 0 Å². The third kappa shape index (κ3) is 5.68. The zero-order valence-electron chi connectivity index (χ0n) is 21.0. The molecule has 0 saturated carbocycles. The van der Waals surface area contributed by atoms with Crippen LogP contribution in [0.25, 0.3) is 11.3 Å². The number of rotatable bonds is 9. The topological polar surface area (TPSA) is 108 Å². The lowest BCUT2D eigenvalue weighted by Gasteiger charge is -2.24. The fourth-order valence-electron chi connectivity index (χ4n) is 4.16. The van der Waals surface area contributed by atoms with Crippen molar-refractivity contribution in [2.45, 2.75) is 13.3 Å². The monoisotopic (exact) mass is 499 g/mol. The van der Waals surface area contributed by atoms with Crippen LogP contribution >= 0.6 is 0 Å². The van der Waals surface area contributed by atoms with E-state index >= 15 is 0 Å². The molecule has 0 aromatic heterocycles. The van der Waals surface area contributed by atoms with E-state index in [1.807, 2.05) is 80.5 Å². The number of carbonyl (C=O) groups is 2. The highest BCUT2D eigenvalue weighted by Crippen LogP contribution is 2.39. The Labute approximate surface area is 215 Å². The summed E-state index contributed by atoms with van der Waals surface area (Å²) in [5.74, 6) is -0.308. The first-order chi connectivity index (χ1) is 17.8. The van der Waals surface area contributed by atoms with Gasteiger partial charge in [-0.05, 0) is 50.0 Å². The van der Waals surface area contributed by atoms with Gasteiger partial charge in [0.25, 0.3) is 11.6 Å². The smallest absolute Gasteiger partial charge is 0.270 e. The molecule has 4 rings (SSSR count). The number of hydrogen-bond donors (Lipinski definition) is 2. The normalized spacial score (nSPS) is 13.7. The summed E-state index contributed by atoms with van der Waals surface area (Å²) in [5, 5.41) is 17.6. The number of carbonyl (C=O) groups excluding carboxylic acids is 2. The Kier molecular flexibility index (Phi) is 7.64. The molecule has 0 fully saturated rings. The van der Waals surface area contributed by atoms with Crippen molar-refractivity contribution in [3.63, 3.8) is 0 Å². The van der Waals surface area contributed by atoms with Crippen LogP contribution in [0.15, 0.2) is 72.8 Å². The van der Waals surface area contributed by atoms with E-state index in [1.54, 1.807) is 11.0 Å². The molecule has 0 unspecified atom stereocenters. The number of benzene rings is 3. The van der Waals surface area contributed by atoms with Crippen molar-refractivity contribution in [3.05, 3.63) is 94.0 Å². The predicted octanol–water partition coefficient (Wildman–Crippen LogP) is 4.83. The third-order valence-electron chi connectivity index (χ3n) is 6.09. The van der Waals surface area contributed by atoms with E-state index in [4.69, 9.17) is 0 Å². The van der Waals surface area contributed by atoms with Crippen LogP contribution in [0.5, 0.6) is 0 Å². The Morgan fingerprint density at radius 1 is 1.00 bits per heavy atom. The average Bonchev–Trinajstić information content (AvgIpc) is 3.22. The second kappa shape index (κ2) is 11.0. The molecule has 2 N–H and O–H groups in total. The lowest BCUT2D eigenvalue weighted by Crippen LogP contribution is -2.36. The Bertz CT molecular complexity index is 1350. The van der Waals surface area contributed by atoms with E-state index in [9.17, 15) is 19.7 Å². The van der Waals surface area contributed by atoms with Crippen LogP contribution in [0.3, 0.4) is 0 Å². The molecule has 2 amide bonds. The van der Waals surface area contributed by atoms with E-state index in [0.717, 1.165) is 17.8 Å². The summed E-state index contributed by atoms with van der Waals surface area (Å²) < 4.78 is 0. The van der Waals surface area contributed by atoms with E-state index in [1.165, 1.54) is 12.1 Å². The van der Waals surface area contributed by atoms with Gasteiger partial charge in [-0.15, -0.1) is 0 Å². The predicted molar refractivity (Wildman–Crippen MR) is 146 cm³/mol. The van der Waals surface area contributed by atoms with E-state index in [2.05, 4.69) is 10.6 Å². The van der Waals surface area contributed by atoms with Crippen molar-refractivity contribution in [1.82, 2.24) is 4.90 Å². The maximum absolute atomic E-state index is 13.1. The van der Waals surface area contributed by atoms with Gasteiger partial charge in [-0.1, -0.05) is 37.3 Å². The van der Waals surface area contributed by atoms with Crippen LogP contribution in [0.4, 0.5) is 22.7 Å². The summed E-state index contributed by atoms with van der Waals surface area (Å²) >= 11 is 0. The highest BCUT2D eigenvalue weighted by molar-refractivity contribution is 6.37. The van der Waals surface area contributed by atoms with Crippen molar-refractivity contribution < 1.29 is 14.5 Å². The standard InChI is InChI=1S/C28H29N5O4/c1-4-25(34)32(17-16-31(2)3)21-12-10-20(11-13-21)29-27(19-8-6-5-7-9-19)26-23-18-22(33(36)37)14-15-24(23)30-28(26)35/h5-15,18,29H,4,16-17H2,1-3H3,(H,30,35)/b27-26-. The lowest BCUT2D eigenvalue weighted by atomic mass is 9.99. The maximum Gasteiger partial charge on any atom is 0.270 e. The number of amides is 2. The number of nitro benzene ring substituents is 1. The van der Waals surface area contributed by atoms with Gasteiger partial charge in [0.15, 0.2) is 0 Å². The number of fused-ring (bicyclic) bond motifs is 1. The van der Waals surface area contributed by atoms with Gasteiger partial charge >= 0.3 is 0 Å². The van der Waals surface area contributed by atoms with Gasteiger partial charge in [0.05, 0.1) is 16.2 Å². The second-order valence-corrected chi connectivity index (χ2v) is 8.93. The van der Waals surface area contributed by atoms with Crippen LogP contribution in [0, 0.1) is 10.1 Å². The van der Waals surface area contributed by atoms with E-state index < -0.39 is 4.92 Å². The largest absolute Gasteiger partial charge is 0.354 e.